The molecule has 1 aromatic rings. The Hall–Kier alpha value is -2.34. The molecule has 2 bridgehead atoms. The third kappa shape index (κ3) is 3.21. The average Bonchev–Trinajstić information content (AvgIpc) is 2.62. The molecule has 138 valence electrons. The smallest absolute Gasteiger partial charge is 0.255 e. The zero-order chi connectivity index (χ0) is 18.0. The molecule has 2 amide bonds. The normalized spacial score (nSPS) is 26.8. The molecule has 0 aromatic heterocycles. The number of piperidine rings is 1. The van der Waals surface area contributed by atoms with Crippen LogP contribution in [0.25, 0.3) is 0 Å². The van der Waals surface area contributed by atoms with Crippen LogP contribution in [0, 0.1) is 5.41 Å². The molecule has 26 heavy (non-hydrogen) atoms. The number of allylic oxidation sites excluding steroid dienone is 1. The zero-order valence-corrected chi connectivity index (χ0v) is 14.9. The first kappa shape index (κ1) is 17.1. The van der Waals surface area contributed by atoms with E-state index in [4.69, 9.17) is 4.74 Å². The van der Waals surface area contributed by atoms with Gasteiger partial charge in [0.05, 0.1) is 11.0 Å². The molecule has 1 spiro atoms. The number of hydrogen-bond donors (Lipinski definition) is 2. The summed E-state index contributed by atoms with van der Waals surface area (Å²) in [6, 6.07) is 7.29. The molecule has 1 aromatic carbocycles. The van der Waals surface area contributed by atoms with Crippen LogP contribution in [-0.4, -0.2) is 55.5 Å². The first-order valence-corrected chi connectivity index (χ1v) is 9.36. The number of nitrogens with zero attached hydrogens (tertiary/aromatic N) is 1. The van der Waals surface area contributed by atoms with Gasteiger partial charge in [-0.05, 0) is 31.4 Å². The minimum absolute atomic E-state index is 0.0168. The standard InChI is InChI=1S/C20H25N3O3/c24-18-16-7-1-2-8-17(16)26-11-4-3-9-20(13-21-14-20)19(25)23-10-5-6-15(12-23)22-18/h1-4,7-8,15,21H,5-6,9-14H2,(H,22,24)/b4-3-/t15-/m1/s1. The van der Waals surface area contributed by atoms with Crippen molar-refractivity contribution < 1.29 is 14.3 Å². The molecule has 0 unspecified atom stereocenters. The fourth-order valence-corrected chi connectivity index (χ4v) is 3.98. The monoisotopic (exact) mass is 355 g/mol. The predicted molar refractivity (Wildman–Crippen MR) is 98.1 cm³/mol. The maximum atomic E-state index is 13.1. The Balaban J connectivity index is 1.62. The predicted octanol–water partition coefficient (Wildman–Crippen LogP) is 1.34. The fourth-order valence-electron chi connectivity index (χ4n) is 3.98. The van der Waals surface area contributed by atoms with E-state index >= 15 is 0 Å². The van der Waals surface area contributed by atoms with Crippen LogP contribution in [-0.2, 0) is 4.79 Å². The van der Waals surface area contributed by atoms with Crippen LogP contribution >= 0.6 is 0 Å². The van der Waals surface area contributed by atoms with Gasteiger partial charge < -0.3 is 20.3 Å². The van der Waals surface area contributed by atoms with Gasteiger partial charge in [0.25, 0.3) is 5.91 Å². The summed E-state index contributed by atoms with van der Waals surface area (Å²) in [4.78, 5) is 27.8. The van der Waals surface area contributed by atoms with Gasteiger partial charge in [-0.2, -0.15) is 0 Å². The molecular weight excluding hydrogens is 330 g/mol. The van der Waals surface area contributed by atoms with Crippen molar-refractivity contribution in [2.75, 3.05) is 32.8 Å². The molecule has 3 heterocycles. The van der Waals surface area contributed by atoms with E-state index in [0.29, 0.717) is 37.6 Å². The second-order valence-electron chi connectivity index (χ2n) is 7.43. The minimum atomic E-state index is -0.343. The lowest BCUT2D eigenvalue weighted by atomic mass is 9.76. The van der Waals surface area contributed by atoms with Gasteiger partial charge in [-0.3, -0.25) is 9.59 Å². The van der Waals surface area contributed by atoms with Crippen molar-refractivity contribution >= 4 is 11.8 Å². The summed E-state index contributed by atoms with van der Waals surface area (Å²) in [5.41, 5.74) is 0.200. The number of fused-ring (bicyclic) bond motifs is 3. The topological polar surface area (TPSA) is 70.7 Å². The van der Waals surface area contributed by atoms with Crippen molar-refractivity contribution in [2.24, 2.45) is 5.41 Å². The van der Waals surface area contributed by atoms with Gasteiger partial charge in [0.15, 0.2) is 0 Å². The number of amides is 2. The van der Waals surface area contributed by atoms with Crippen molar-refractivity contribution in [1.82, 2.24) is 15.5 Å². The maximum absolute atomic E-state index is 13.1. The molecule has 2 N–H and O–H groups in total. The molecule has 3 aliphatic rings. The van der Waals surface area contributed by atoms with E-state index < -0.39 is 0 Å². The van der Waals surface area contributed by atoms with Crippen molar-refractivity contribution in [3.63, 3.8) is 0 Å². The van der Waals surface area contributed by atoms with Gasteiger partial charge in [0, 0.05) is 32.2 Å². The van der Waals surface area contributed by atoms with E-state index in [1.54, 1.807) is 6.07 Å². The number of rotatable bonds is 0. The van der Waals surface area contributed by atoms with Gasteiger partial charge in [0.1, 0.15) is 12.4 Å². The quantitative estimate of drug-likeness (QED) is 0.689. The van der Waals surface area contributed by atoms with E-state index in [0.717, 1.165) is 25.8 Å². The van der Waals surface area contributed by atoms with Gasteiger partial charge in [0.2, 0.25) is 5.91 Å². The summed E-state index contributed by atoms with van der Waals surface area (Å²) in [7, 11) is 0. The lowest BCUT2D eigenvalue weighted by molar-refractivity contribution is -0.146. The van der Waals surface area contributed by atoms with Crippen LogP contribution in [0.4, 0.5) is 0 Å². The van der Waals surface area contributed by atoms with E-state index in [-0.39, 0.29) is 23.3 Å². The third-order valence-corrected chi connectivity index (χ3v) is 5.57. The van der Waals surface area contributed by atoms with Gasteiger partial charge in [-0.1, -0.05) is 24.3 Å². The highest BCUT2D eigenvalue weighted by molar-refractivity contribution is 5.97. The molecule has 6 nitrogen and oxygen atoms in total. The summed E-state index contributed by atoms with van der Waals surface area (Å²) in [6.07, 6.45) is 6.50. The molecule has 1 atom stereocenters. The van der Waals surface area contributed by atoms with Gasteiger partial charge >= 0.3 is 0 Å². The average molecular weight is 355 g/mol. The third-order valence-electron chi connectivity index (χ3n) is 5.57. The van der Waals surface area contributed by atoms with Crippen molar-refractivity contribution in [3.05, 3.63) is 42.0 Å². The van der Waals surface area contributed by atoms with E-state index in [9.17, 15) is 9.59 Å². The number of ether oxygens (including phenoxy) is 1. The van der Waals surface area contributed by atoms with Crippen LogP contribution in [0.1, 0.15) is 29.6 Å². The Bertz CT molecular complexity index is 727. The fraction of sp³-hybridized carbons (Fsp3) is 0.500. The van der Waals surface area contributed by atoms with E-state index in [1.165, 1.54) is 0 Å². The SMILES string of the molecule is O=C1N[C@@H]2CCCN(C2)C(=O)C2(C/C=C\COc3ccccc31)CNC2. The van der Waals surface area contributed by atoms with Crippen molar-refractivity contribution in [2.45, 2.75) is 25.3 Å². The Morgan fingerprint density at radius 1 is 1.15 bits per heavy atom. The van der Waals surface area contributed by atoms with Crippen LogP contribution < -0.4 is 15.4 Å². The summed E-state index contributed by atoms with van der Waals surface area (Å²) < 4.78 is 5.79. The summed E-state index contributed by atoms with van der Waals surface area (Å²) >= 11 is 0. The number of para-hydroxylation sites is 1. The molecule has 2 fully saturated rings. The van der Waals surface area contributed by atoms with E-state index in [2.05, 4.69) is 10.6 Å². The molecule has 6 heteroatoms. The summed E-state index contributed by atoms with van der Waals surface area (Å²) in [5, 5.41) is 6.34. The molecule has 4 rings (SSSR count). The maximum Gasteiger partial charge on any atom is 0.255 e. The number of hydrogen-bond acceptors (Lipinski definition) is 4. The van der Waals surface area contributed by atoms with Crippen LogP contribution in [0.2, 0.25) is 0 Å². The molecule has 0 saturated carbocycles. The highest BCUT2D eigenvalue weighted by atomic mass is 16.5. The highest BCUT2D eigenvalue weighted by Gasteiger charge is 2.46. The Morgan fingerprint density at radius 3 is 2.81 bits per heavy atom. The number of benzene rings is 1. The first-order valence-electron chi connectivity index (χ1n) is 9.36. The molecule has 3 aliphatic heterocycles. The molecule has 2 saturated heterocycles. The van der Waals surface area contributed by atoms with Gasteiger partial charge in [-0.15, -0.1) is 0 Å². The number of carbonyl (C=O) groups is 2. The summed E-state index contributed by atoms with van der Waals surface area (Å²) in [6.45, 7) is 3.17. The molecular formula is C20H25N3O3. The number of nitrogens with one attached hydrogen (secondary N) is 2. The minimum Gasteiger partial charge on any atom is -0.489 e. The largest absolute Gasteiger partial charge is 0.489 e. The van der Waals surface area contributed by atoms with Crippen molar-refractivity contribution in [3.8, 4) is 5.75 Å². The second kappa shape index (κ2) is 7.11. The molecule has 0 aliphatic carbocycles. The lowest BCUT2D eigenvalue weighted by Gasteiger charge is -2.45. The van der Waals surface area contributed by atoms with Crippen LogP contribution in [0.5, 0.6) is 5.75 Å². The van der Waals surface area contributed by atoms with Gasteiger partial charge in [-0.25, -0.2) is 0 Å². The number of carbonyl (C=O) groups excluding carboxylic acids is 2. The Labute approximate surface area is 153 Å². The van der Waals surface area contributed by atoms with E-state index in [1.807, 2.05) is 35.3 Å². The lowest BCUT2D eigenvalue weighted by Crippen LogP contribution is -2.63. The van der Waals surface area contributed by atoms with Crippen LogP contribution in [0.3, 0.4) is 0 Å². The zero-order valence-electron chi connectivity index (χ0n) is 14.9. The van der Waals surface area contributed by atoms with Crippen LogP contribution in [0.15, 0.2) is 36.4 Å². The second-order valence-corrected chi connectivity index (χ2v) is 7.43. The Kier molecular flexibility index (Phi) is 4.68. The highest BCUT2D eigenvalue weighted by Crippen LogP contribution is 2.32. The Morgan fingerprint density at radius 2 is 2.00 bits per heavy atom. The molecule has 0 radical (unpaired) electrons. The van der Waals surface area contributed by atoms with Crippen molar-refractivity contribution in [1.29, 1.82) is 0 Å². The summed E-state index contributed by atoms with van der Waals surface area (Å²) in [5.74, 6) is 0.662. The first-order chi connectivity index (χ1) is 12.7.